The highest BCUT2D eigenvalue weighted by atomic mass is 32.2. The molecule has 1 rings (SSSR count). The van der Waals surface area contributed by atoms with Crippen molar-refractivity contribution >= 4 is 16.1 Å². The Bertz CT molecular complexity index is 497. The second-order valence-corrected chi connectivity index (χ2v) is 5.63. The van der Waals surface area contributed by atoms with Crippen molar-refractivity contribution in [2.45, 2.75) is 12.2 Å². The molecule has 1 aromatic rings. The maximum absolute atomic E-state index is 11.7. The van der Waals surface area contributed by atoms with Gasteiger partial charge in [-0.2, -0.15) is 8.42 Å². The summed E-state index contributed by atoms with van der Waals surface area (Å²) in [5, 5.41) is 0. The molecule has 0 atom stereocenters. The van der Waals surface area contributed by atoms with Crippen LogP contribution in [0.3, 0.4) is 0 Å². The fourth-order valence-electron chi connectivity index (χ4n) is 1.38. The number of hydrogen-bond acceptors (Lipinski definition) is 6. The molecule has 0 amide bonds. The Hall–Kier alpha value is -1.44. The van der Waals surface area contributed by atoms with Crippen LogP contribution in [0.4, 0.5) is 0 Å². The quantitative estimate of drug-likeness (QED) is 0.386. The average molecular weight is 302 g/mol. The number of benzene rings is 1. The Morgan fingerprint density at radius 3 is 2.50 bits per heavy atom. The van der Waals surface area contributed by atoms with Gasteiger partial charge in [0.1, 0.15) is 12.4 Å². The first-order chi connectivity index (χ1) is 9.53. The van der Waals surface area contributed by atoms with Gasteiger partial charge in [0.25, 0.3) is 10.1 Å². The van der Waals surface area contributed by atoms with Crippen molar-refractivity contribution in [3.8, 4) is 0 Å². The summed E-state index contributed by atoms with van der Waals surface area (Å²) in [6.07, 6.45) is 0.380. The number of carbonyl (C=O) groups excluding carboxylic acids is 1. The van der Waals surface area contributed by atoms with E-state index >= 15 is 0 Å². The minimum absolute atomic E-state index is 0.0241. The lowest BCUT2D eigenvalue weighted by molar-refractivity contribution is -0.145. The molecule has 0 spiro atoms. The summed E-state index contributed by atoms with van der Waals surface area (Å²) in [7, 11) is -2.32. The number of hydrogen-bond donors (Lipinski definition) is 0. The van der Waals surface area contributed by atoms with Crippen molar-refractivity contribution in [2.24, 2.45) is 0 Å². The van der Waals surface area contributed by atoms with Crippen LogP contribution in [0.5, 0.6) is 0 Å². The molecule has 0 saturated carbocycles. The fourth-order valence-corrected chi connectivity index (χ4v) is 2.44. The lowest BCUT2D eigenvalue weighted by Gasteiger charge is -2.06. The number of carbonyl (C=O) groups is 1. The van der Waals surface area contributed by atoms with E-state index in [4.69, 9.17) is 8.92 Å². The molecule has 0 unspecified atom stereocenters. The number of esters is 1. The third kappa shape index (κ3) is 7.22. The smallest absolute Gasteiger partial charge is 0.331 e. The lowest BCUT2D eigenvalue weighted by Crippen LogP contribution is -2.14. The van der Waals surface area contributed by atoms with E-state index in [2.05, 4.69) is 4.74 Å². The van der Waals surface area contributed by atoms with Gasteiger partial charge >= 0.3 is 5.97 Å². The highest BCUT2D eigenvalue weighted by Crippen LogP contribution is 2.07. The van der Waals surface area contributed by atoms with E-state index in [1.165, 1.54) is 7.11 Å². The molecule has 0 saturated heterocycles. The molecular weight excluding hydrogens is 284 g/mol. The molecule has 20 heavy (non-hydrogen) atoms. The molecule has 0 heterocycles. The van der Waals surface area contributed by atoms with Crippen molar-refractivity contribution in [1.29, 1.82) is 0 Å². The number of rotatable bonds is 9. The van der Waals surface area contributed by atoms with Gasteiger partial charge in [-0.3, -0.25) is 4.18 Å². The predicted octanol–water partition coefficient (Wildman–Crippen LogP) is 1.11. The zero-order chi connectivity index (χ0) is 14.8. The van der Waals surface area contributed by atoms with Crippen molar-refractivity contribution in [1.82, 2.24) is 0 Å². The number of ether oxygens (including phenoxy) is 2. The van der Waals surface area contributed by atoms with Gasteiger partial charge in [0.2, 0.25) is 0 Å². The second kappa shape index (κ2) is 8.68. The molecule has 0 aliphatic rings. The third-order valence-corrected chi connectivity index (χ3v) is 3.54. The van der Waals surface area contributed by atoms with Crippen LogP contribution in [-0.4, -0.2) is 41.3 Å². The van der Waals surface area contributed by atoms with Crippen LogP contribution < -0.4 is 0 Å². The van der Waals surface area contributed by atoms with Crippen LogP contribution in [0, 0.1) is 0 Å². The van der Waals surface area contributed by atoms with Gasteiger partial charge in [-0.1, -0.05) is 30.3 Å². The summed E-state index contributed by atoms with van der Waals surface area (Å²) < 4.78 is 37.5. The summed E-state index contributed by atoms with van der Waals surface area (Å²) in [5.74, 6) is -0.626. The third-order valence-electron chi connectivity index (χ3n) is 2.33. The standard InChI is InChI=1S/C13H18O6S/c1-17-13(14)10-18-8-5-9-19-20(15,16)11-12-6-3-2-4-7-12/h2-4,6-7H,5,8-11H2,1H3. The summed E-state index contributed by atoms with van der Waals surface area (Å²) >= 11 is 0. The van der Waals surface area contributed by atoms with Gasteiger partial charge in [-0.05, 0) is 12.0 Å². The topological polar surface area (TPSA) is 78.9 Å². The molecule has 0 fully saturated rings. The lowest BCUT2D eigenvalue weighted by atomic mass is 10.2. The summed E-state index contributed by atoms with van der Waals surface area (Å²) in [4.78, 5) is 10.7. The molecule has 0 radical (unpaired) electrons. The fraction of sp³-hybridized carbons (Fsp3) is 0.462. The van der Waals surface area contributed by atoms with Crippen LogP contribution in [0.15, 0.2) is 30.3 Å². The minimum Gasteiger partial charge on any atom is -0.467 e. The molecule has 0 aliphatic heterocycles. The normalized spacial score (nSPS) is 11.2. The second-order valence-electron chi connectivity index (χ2n) is 3.99. The van der Waals surface area contributed by atoms with Gasteiger partial charge in [0.05, 0.1) is 13.7 Å². The van der Waals surface area contributed by atoms with Crippen LogP contribution in [-0.2, 0) is 34.3 Å². The molecule has 0 N–H and O–H groups in total. The van der Waals surface area contributed by atoms with Gasteiger partial charge in [-0.25, -0.2) is 4.79 Å². The predicted molar refractivity (Wildman–Crippen MR) is 72.5 cm³/mol. The molecule has 7 heteroatoms. The summed E-state index contributed by atoms with van der Waals surface area (Å²) in [6.45, 7) is 0.111. The van der Waals surface area contributed by atoms with Crippen molar-refractivity contribution in [2.75, 3.05) is 26.9 Å². The van der Waals surface area contributed by atoms with Crippen molar-refractivity contribution in [3.05, 3.63) is 35.9 Å². The Morgan fingerprint density at radius 2 is 1.85 bits per heavy atom. The van der Waals surface area contributed by atoms with E-state index in [-0.39, 0.29) is 25.6 Å². The molecule has 0 aromatic heterocycles. The average Bonchev–Trinajstić information content (AvgIpc) is 2.43. The van der Waals surface area contributed by atoms with E-state index < -0.39 is 16.1 Å². The van der Waals surface area contributed by atoms with Crippen LogP contribution in [0.2, 0.25) is 0 Å². The Balaban J connectivity index is 2.19. The zero-order valence-corrected chi connectivity index (χ0v) is 12.1. The summed E-state index contributed by atoms with van der Waals surface area (Å²) in [6, 6.07) is 8.80. The van der Waals surface area contributed by atoms with Gasteiger partial charge in [0.15, 0.2) is 0 Å². The van der Waals surface area contributed by atoms with Crippen LogP contribution >= 0.6 is 0 Å². The Morgan fingerprint density at radius 1 is 1.15 bits per heavy atom. The van der Waals surface area contributed by atoms with Crippen molar-refractivity contribution < 1.29 is 26.9 Å². The molecule has 1 aromatic carbocycles. The van der Waals surface area contributed by atoms with E-state index in [0.717, 1.165) is 0 Å². The SMILES string of the molecule is COC(=O)COCCCOS(=O)(=O)Cc1ccccc1. The molecule has 0 bridgehead atoms. The first-order valence-corrected chi connectivity index (χ1v) is 7.67. The minimum atomic E-state index is -3.59. The van der Waals surface area contributed by atoms with E-state index in [0.29, 0.717) is 12.0 Å². The van der Waals surface area contributed by atoms with Gasteiger partial charge in [0, 0.05) is 6.61 Å². The Labute approximate surface area is 118 Å². The first-order valence-electron chi connectivity index (χ1n) is 6.09. The highest BCUT2D eigenvalue weighted by Gasteiger charge is 2.12. The first kappa shape index (κ1) is 16.6. The monoisotopic (exact) mass is 302 g/mol. The van der Waals surface area contributed by atoms with Gasteiger partial charge < -0.3 is 9.47 Å². The summed E-state index contributed by atoms with van der Waals surface area (Å²) in [5.41, 5.74) is 0.675. The van der Waals surface area contributed by atoms with E-state index in [1.807, 2.05) is 6.07 Å². The van der Waals surface area contributed by atoms with E-state index in [1.54, 1.807) is 24.3 Å². The highest BCUT2D eigenvalue weighted by molar-refractivity contribution is 7.85. The molecular formula is C13H18O6S. The van der Waals surface area contributed by atoms with Crippen LogP contribution in [0.25, 0.3) is 0 Å². The molecule has 112 valence electrons. The van der Waals surface area contributed by atoms with Gasteiger partial charge in [-0.15, -0.1) is 0 Å². The number of methoxy groups -OCH3 is 1. The molecule has 6 nitrogen and oxygen atoms in total. The van der Waals surface area contributed by atoms with E-state index in [9.17, 15) is 13.2 Å². The van der Waals surface area contributed by atoms with Crippen LogP contribution in [0.1, 0.15) is 12.0 Å². The largest absolute Gasteiger partial charge is 0.467 e. The Kier molecular flexibility index (Phi) is 7.21. The maximum Gasteiger partial charge on any atom is 0.331 e. The maximum atomic E-state index is 11.7. The zero-order valence-electron chi connectivity index (χ0n) is 11.3. The molecule has 0 aliphatic carbocycles. The van der Waals surface area contributed by atoms with Crippen molar-refractivity contribution in [3.63, 3.8) is 0 Å².